The molecule has 0 aliphatic carbocycles. The lowest BCUT2D eigenvalue weighted by Gasteiger charge is -1.77. The van der Waals surface area contributed by atoms with Gasteiger partial charge in [-0.3, -0.25) is 0 Å². The highest BCUT2D eigenvalue weighted by atomic mass is 32.1. The second-order valence-corrected chi connectivity index (χ2v) is 1.38. The van der Waals surface area contributed by atoms with Crippen LogP contribution < -0.4 is 0 Å². The Kier molecular flexibility index (Phi) is 1.12. The molecule has 0 bridgehead atoms. The van der Waals surface area contributed by atoms with Crippen molar-refractivity contribution in [2.45, 2.75) is 5.03 Å². The average Bonchev–Trinajstić information content (AvgIpc) is 1.69. The summed E-state index contributed by atoms with van der Waals surface area (Å²) in [6, 6.07) is 1.61. The Bertz CT molecular complexity index is 140. The van der Waals surface area contributed by atoms with Crippen molar-refractivity contribution in [1.82, 2.24) is 15.4 Å². The number of hydrogen-bond donors (Lipinski definition) is 0. The van der Waals surface area contributed by atoms with E-state index in [4.69, 9.17) is 0 Å². The molecule has 1 aromatic heterocycles. The van der Waals surface area contributed by atoms with Gasteiger partial charge in [0, 0.05) is 0 Å². The van der Waals surface area contributed by atoms with Crippen LogP contribution in [0.4, 0.5) is 0 Å². The molecular weight excluding hydrogens is 110 g/mol. The smallest absolute Gasteiger partial charge is 0.139 e. The standard InChI is InChI=1S/C3H2N3S/c7-3-1-2-4-6-5-3/h1-2H. The van der Waals surface area contributed by atoms with Crippen LogP contribution >= 0.6 is 12.6 Å². The molecule has 0 aromatic carbocycles. The molecule has 0 aliphatic rings. The maximum Gasteiger partial charge on any atom is 0.152 e. The van der Waals surface area contributed by atoms with Crippen molar-refractivity contribution in [3.63, 3.8) is 0 Å². The van der Waals surface area contributed by atoms with Crippen molar-refractivity contribution in [2.75, 3.05) is 0 Å². The van der Waals surface area contributed by atoms with Gasteiger partial charge in [-0.15, -0.1) is 10.2 Å². The van der Waals surface area contributed by atoms with Gasteiger partial charge in [0.15, 0.2) is 5.03 Å². The highest BCUT2D eigenvalue weighted by molar-refractivity contribution is 7.80. The molecule has 0 fully saturated rings. The Morgan fingerprint density at radius 3 is 2.71 bits per heavy atom. The van der Waals surface area contributed by atoms with E-state index in [9.17, 15) is 0 Å². The first kappa shape index (κ1) is 4.39. The number of rotatable bonds is 0. The molecule has 0 amide bonds. The summed E-state index contributed by atoms with van der Waals surface area (Å²) < 4.78 is 0. The van der Waals surface area contributed by atoms with E-state index in [1.165, 1.54) is 6.20 Å². The molecule has 35 valence electrons. The lowest BCUT2D eigenvalue weighted by molar-refractivity contribution is 0.806. The van der Waals surface area contributed by atoms with Crippen LogP contribution in [0.2, 0.25) is 0 Å². The third-order valence-corrected chi connectivity index (χ3v) is 0.696. The Balaban J connectivity index is 3.02. The largest absolute Gasteiger partial charge is 0.152 e. The minimum atomic E-state index is 0.481. The van der Waals surface area contributed by atoms with E-state index in [1.54, 1.807) is 6.07 Å². The van der Waals surface area contributed by atoms with Crippen LogP contribution in [-0.4, -0.2) is 15.4 Å². The van der Waals surface area contributed by atoms with Crippen LogP contribution in [0.15, 0.2) is 17.3 Å². The van der Waals surface area contributed by atoms with E-state index in [-0.39, 0.29) is 0 Å². The summed E-state index contributed by atoms with van der Waals surface area (Å²) in [6.07, 6.45) is 1.51. The van der Waals surface area contributed by atoms with Crippen LogP contribution in [-0.2, 0) is 0 Å². The Labute approximate surface area is 46.2 Å². The molecule has 0 unspecified atom stereocenters. The van der Waals surface area contributed by atoms with Gasteiger partial charge >= 0.3 is 0 Å². The quantitative estimate of drug-likeness (QED) is 0.488. The first-order chi connectivity index (χ1) is 3.39. The van der Waals surface area contributed by atoms with E-state index >= 15 is 0 Å². The molecule has 1 heterocycles. The summed E-state index contributed by atoms with van der Waals surface area (Å²) >= 11 is 4.60. The minimum Gasteiger partial charge on any atom is -0.139 e. The molecule has 1 rings (SSSR count). The summed E-state index contributed by atoms with van der Waals surface area (Å²) in [4.78, 5) is 0. The van der Waals surface area contributed by atoms with Gasteiger partial charge in [0.2, 0.25) is 0 Å². The fourth-order valence-corrected chi connectivity index (χ4v) is 0.328. The van der Waals surface area contributed by atoms with E-state index in [1.807, 2.05) is 0 Å². The summed E-state index contributed by atoms with van der Waals surface area (Å²) in [5, 5.41) is 10.6. The predicted molar refractivity (Wildman–Crippen MR) is 25.7 cm³/mol. The van der Waals surface area contributed by atoms with E-state index < -0.39 is 0 Å². The Morgan fingerprint density at radius 2 is 2.43 bits per heavy atom. The van der Waals surface area contributed by atoms with Gasteiger partial charge in [0.05, 0.1) is 6.20 Å². The molecule has 0 saturated heterocycles. The maximum atomic E-state index is 4.60. The third kappa shape index (κ3) is 1.04. The van der Waals surface area contributed by atoms with Crippen LogP contribution in [0.5, 0.6) is 0 Å². The molecule has 4 heteroatoms. The molecular formula is C3H2N3S. The fraction of sp³-hybridized carbons (Fsp3) is 0. The zero-order chi connectivity index (χ0) is 5.11. The lowest BCUT2D eigenvalue weighted by Crippen LogP contribution is -1.82. The maximum absolute atomic E-state index is 4.60. The molecule has 0 atom stereocenters. The minimum absolute atomic E-state index is 0.481. The average molecular weight is 112 g/mol. The van der Waals surface area contributed by atoms with Gasteiger partial charge in [-0.1, -0.05) is 12.6 Å². The summed E-state index contributed by atoms with van der Waals surface area (Å²) in [5.74, 6) is 0. The fourth-order valence-electron chi connectivity index (χ4n) is 0.230. The van der Waals surface area contributed by atoms with Crippen molar-refractivity contribution in [2.24, 2.45) is 0 Å². The van der Waals surface area contributed by atoms with Crippen LogP contribution in [0, 0.1) is 0 Å². The van der Waals surface area contributed by atoms with Crippen molar-refractivity contribution in [3.05, 3.63) is 12.3 Å². The SMILES string of the molecule is [S]c1ccnnn1. The Hall–Kier alpha value is -0.770. The van der Waals surface area contributed by atoms with E-state index in [2.05, 4.69) is 28.0 Å². The summed E-state index contributed by atoms with van der Waals surface area (Å²) in [7, 11) is 0. The van der Waals surface area contributed by atoms with Crippen LogP contribution in [0.25, 0.3) is 0 Å². The van der Waals surface area contributed by atoms with E-state index in [0.29, 0.717) is 5.03 Å². The molecule has 1 aromatic rings. The van der Waals surface area contributed by atoms with Crippen molar-refractivity contribution < 1.29 is 0 Å². The van der Waals surface area contributed by atoms with Crippen molar-refractivity contribution in [1.29, 1.82) is 0 Å². The molecule has 1 radical (unpaired) electrons. The van der Waals surface area contributed by atoms with Gasteiger partial charge in [0.1, 0.15) is 0 Å². The lowest BCUT2D eigenvalue weighted by atomic mass is 10.7. The number of hydrogen-bond acceptors (Lipinski definition) is 3. The zero-order valence-corrected chi connectivity index (χ0v) is 4.22. The molecule has 7 heavy (non-hydrogen) atoms. The van der Waals surface area contributed by atoms with Crippen molar-refractivity contribution >= 4 is 12.6 Å². The highest BCUT2D eigenvalue weighted by Gasteiger charge is 1.79. The summed E-state index contributed by atoms with van der Waals surface area (Å²) in [6.45, 7) is 0. The first-order valence-electron chi connectivity index (χ1n) is 1.71. The molecule has 0 aliphatic heterocycles. The number of aromatic nitrogens is 3. The summed E-state index contributed by atoms with van der Waals surface area (Å²) in [5.41, 5.74) is 0. The monoisotopic (exact) mass is 112 g/mol. The van der Waals surface area contributed by atoms with Gasteiger partial charge < -0.3 is 0 Å². The molecule has 0 saturated carbocycles. The van der Waals surface area contributed by atoms with Gasteiger partial charge in [-0.2, -0.15) is 0 Å². The van der Waals surface area contributed by atoms with Crippen LogP contribution in [0.3, 0.4) is 0 Å². The topological polar surface area (TPSA) is 38.7 Å². The zero-order valence-electron chi connectivity index (χ0n) is 3.40. The molecule has 0 N–H and O–H groups in total. The third-order valence-electron chi connectivity index (χ3n) is 0.479. The first-order valence-corrected chi connectivity index (χ1v) is 2.12. The highest BCUT2D eigenvalue weighted by Crippen LogP contribution is 1.91. The van der Waals surface area contributed by atoms with Gasteiger partial charge in [-0.25, -0.2) is 0 Å². The number of nitrogens with zero attached hydrogens (tertiary/aromatic N) is 3. The van der Waals surface area contributed by atoms with Gasteiger partial charge in [-0.05, 0) is 11.3 Å². The van der Waals surface area contributed by atoms with Crippen LogP contribution in [0.1, 0.15) is 0 Å². The molecule has 0 spiro atoms. The Morgan fingerprint density at radius 1 is 1.57 bits per heavy atom. The van der Waals surface area contributed by atoms with Gasteiger partial charge in [0.25, 0.3) is 0 Å². The van der Waals surface area contributed by atoms with Crippen molar-refractivity contribution in [3.8, 4) is 0 Å². The second kappa shape index (κ2) is 1.79. The second-order valence-electron chi connectivity index (χ2n) is 0.959. The normalized spacial score (nSPS) is 8.57. The van der Waals surface area contributed by atoms with E-state index in [0.717, 1.165) is 0 Å². The predicted octanol–water partition coefficient (Wildman–Crippen LogP) is 0.428. The molecule has 3 nitrogen and oxygen atoms in total.